The van der Waals surface area contributed by atoms with Gasteiger partial charge in [0.2, 0.25) is 0 Å². The quantitative estimate of drug-likeness (QED) is 0.761. The minimum atomic E-state index is -0.814. The Bertz CT molecular complexity index is 747. The van der Waals surface area contributed by atoms with E-state index in [2.05, 4.69) is 15.0 Å². The van der Waals surface area contributed by atoms with Crippen molar-refractivity contribution in [2.75, 3.05) is 0 Å². The lowest BCUT2D eigenvalue weighted by molar-refractivity contribution is -0.136. The number of aromatic amines is 1. The van der Waals surface area contributed by atoms with Crippen LogP contribution in [0, 0.1) is 0 Å². The first-order valence-corrected chi connectivity index (χ1v) is 6.33. The van der Waals surface area contributed by atoms with Gasteiger partial charge in [0.25, 0.3) is 0 Å². The molecule has 2 N–H and O–H groups in total. The average molecular weight is 267 g/mol. The molecule has 5 nitrogen and oxygen atoms in total. The van der Waals surface area contributed by atoms with E-state index in [0.29, 0.717) is 12.2 Å². The number of para-hydroxylation sites is 1. The van der Waals surface area contributed by atoms with E-state index in [4.69, 9.17) is 5.11 Å². The molecule has 0 aliphatic rings. The number of carboxylic acid groups (broad SMARTS) is 1. The molecule has 0 saturated heterocycles. The number of nitrogens with zero attached hydrogens (tertiary/aromatic N) is 2. The molecule has 5 heteroatoms. The van der Waals surface area contributed by atoms with E-state index < -0.39 is 5.97 Å². The van der Waals surface area contributed by atoms with Crippen LogP contribution in [-0.2, 0) is 11.2 Å². The Morgan fingerprint density at radius 2 is 1.95 bits per heavy atom. The number of rotatable bonds is 4. The molecule has 1 aromatic carbocycles. The van der Waals surface area contributed by atoms with Crippen LogP contribution in [0.1, 0.15) is 12.0 Å². The minimum absolute atomic E-state index is 0.0930. The van der Waals surface area contributed by atoms with Crippen LogP contribution in [0.5, 0.6) is 0 Å². The van der Waals surface area contributed by atoms with Gasteiger partial charge >= 0.3 is 5.97 Å². The second kappa shape index (κ2) is 5.13. The van der Waals surface area contributed by atoms with Gasteiger partial charge in [-0.1, -0.05) is 18.2 Å². The van der Waals surface area contributed by atoms with Crippen molar-refractivity contribution >= 4 is 16.9 Å². The standard InChI is InChI=1S/C15H13N3O2/c19-14(20)6-5-10-7-17-15(18-8-10)12-9-16-13-4-2-1-3-11(12)13/h1-4,7-9,16H,5-6H2,(H,19,20). The van der Waals surface area contributed by atoms with Gasteiger partial charge in [-0.25, -0.2) is 9.97 Å². The van der Waals surface area contributed by atoms with Gasteiger partial charge in [-0.3, -0.25) is 4.79 Å². The summed E-state index contributed by atoms with van der Waals surface area (Å²) in [6.07, 6.45) is 5.80. The molecule has 0 atom stereocenters. The maximum Gasteiger partial charge on any atom is 0.303 e. The van der Waals surface area contributed by atoms with Crippen molar-refractivity contribution in [2.24, 2.45) is 0 Å². The first kappa shape index (κ1) is 12.3. The summed E-state index contributed by atoms with van der Waals surface area (Å²) in [4.78, 5) is 22.4. The first-order valence-electron chi connectivity index (χ1n) is 6.33. The average Bonchev–Trinajstić information content (AvgIpc) is 2.89. The normalized spacial score (nSPS) is 10.8. The molecule has 0 saturated carbocycles. The molecule has 0 bridgehead atoms. The van der Waals surface area contributed by atoms with E-state index in [1.165, 1.54) is 0 Å². The van der Waals surface area contributed by atoms with Crippen LogP contribution in [0.25, 0.3) is 22.3 Å². The number of nitrogens with one attached hydrogen (secondary N) is 1. The lowest BCUT2D eigenvalue weighted by Gasteiger charge is -2.01. The molecule has 0 aliphatic carbocycles. The highest BCUT2D eigenvalue weighted by Crippen LogP contribution is 2.25. The summed E-state index contributed by atoms with van der Waals surface area (Å²) in [5.41, 5.74) is 2.82. The van der Waals surface area contributed by atoms with E-state index in [1.54, 1.807) is 12.4 Å². The number of aliphatic carboxylic acids is 1. The molecule has 0 radical (unpaired) electrons. The van der Waals surface area contributed by atoms with Gasteiger partial charge in [-0.2, -0.15) is 0 Å². The maximum absolute atomic E-state index is 10.5. The van der Waals surface area contributed by atoms with Crippen LogP contribution in [0.2, 0.25) is 0 Å². The van der Waals surface area contributed by atoms with Gasteiger partial charge in [-0.15, -0.1) is 0 Å². The zero-order chi connectivity index (χ0) is 13.9. The Kier molecular flexibility index (Phi) is 3.16. The zero-order valence-corrected chi connectivity index (χ0v) is 10.7. The summed E-state index contributed by atoms with van der Waals surface area (Å²) >= 11 is 0. The van der Waals surface area contributed by atoms with Crippen LogP contribution in [0.15, 0.2) is 42.9 Å². The number of fused-ring (bicyclic) bond motifs is 1. The third-order valence-corrected chi connectivity index (χ3v) is 3.16. The number of aromatic nitrogens is 3. The molecule has 2 aromatic heterocycles. The van der Waals surface area contributed by atoms with E-state index in [-0.39, 0.29) is 6.42 Å². The van der Waals surface area contributed by atoms with E-state index in [9.17, 15) is 4.79 Å². The molecule has 3 aromatic rings. The van der Waals surface area contributed by atoms with E-state index in [1.807, 2.05) is 30.5 Å². The molecule has 0 amide bonds. The van der Waals surface area contributed by atoms with Gasteiger partial charge in [-0.05, 0) is 18.1 Å². The van der Waals surface area contributed by atoms with Crippen molar-refractivity contribution < 1.29 is 9.90 Å². The SMILES string of the molecule is O=C(O)CCc1cnc(-c2c[nH]c3ccccc23)nc1. The van der Waals surface area contributed by atoms with Crippen molar-refractivity contribution in [1.82, 2.24) is 15.0 Å². The largest absolute Gasteiger partial charge is 0.481 e. The zero-order valence-electron chi connectivity index (χ0n) is 10.7. The highest BCUT2D eigenvalue weighted by atomic mass is 16.4. The number of benzene rings is 1. The Hall–Kier alpha value is -2.69. The second-order valence-electron chi connectivity index (χ2n) is 4.56. The van der Waals surface area contributed by atoms with Gasteiger partial charge in [0.05, 0.1) is 0 Å². The van der Waals surface area contributed by atoms with Crippen molar-refractivity contribution in [3.8, 4) is 11.4 Å². The Morgan fingerprint density at radius 1 is 1.20 bits per heavy atom. The van der Waals surface area contributed by atoms with Crippen LogP contribution >= 0.6 is 0 Å². The van der Waals surface area contributed by atoms with Gasteiger partial charge < -0.3 is 10.1 Å². The summed E-state index contributed by atoms with van der Waals surface area (Å²) in [5.74, 6) is -0.174. The second-order valence-corrected chi connectivity index (χ2v) is 4.56. The van der Waals surface area contributed by atoms with Crippen LogP contribution in [0.4, 0.5) is 0 Å². The van der Waals surface area contributed by atoms with E-state index >= 15 is 0 Å². The summed E-state index contributed by atoms with van der Waals surface area (Å²) < 4.78 is 0. The van der Waals surface area contributed by atoms with Crippen LogP contribution in [0.3, 0.4) is 0 Å². The predicted octanol–water partition coefficient (Wildman–Crippen LogP) is 2.64. The van der Waals surface area contributed by atoms with Crippen molar-refractivity contribution in [1.29, 1.82) is 0 Å². The number of carbonyl (C=O) groups is 1. The number of aryl methyl sites for hydroxylation is 1. The fraction of sp³-hybridized carbons (Fsp3) is 0.133. The van der Waals surface area contributed by atoms with Crippen molar-refractivity contribution in [3.05, 3.63) is 48.4 Å². The fourth-order valence-corrected chi connectivity index (χ4v) is 2.13. The Morgan fingerprint density at radius 3 is 2.70 bits per heavy atom. The highest BCUT2D eigenvalue weighted by molar-refractivity contribution is 5.93. The molecular weight excluding hydrogens is 254 g/mol. The predicted molar refractivity (Wildman–Crippen MR) is 75.3 cm³/mol. The molecule has 0 fully saturated rings. The Labute approximate surface area is 115 Å². The molecule has 3 rings (SSSR count). The third-order valence-electron chi connectivity index (χ3n) is 3.16. The fourth-order valence-electron chi connectivity index (χ4n) is 2.13. The highest BCUT2D eigenvalue weighted by Gasteiger charge is 2.08. The monoisotopic (exact) mass is 267 g/mol. The molecule has 2 heterocycles. The summed E-state index contributed by atoms with van der Waals surface area (Å²) in [6.45, 7) is 0. The smallest absolute Gasteiger partial charge is 0.303 e. The molecule has 100 valence electrons. The van der Waals surface area contributed by atoms with Crippen molar-refractivity contribution in [2.45, 2.75) is 12.8 Å². The van der Waals surface area contributed by atoms with Crippen LogP contribution in [-0.4, -0.2) is 26.0 Å². The van der Waals surface area contributed by atoms with Gasteiger partial charge in [0, 0.05) is 41.5 Å². The Balaban J connectivity index is 1.89. The van der Waals surface area contributed by atoms with E-state index in [0.717, 1.165) is 22.0 Å². The third kappa shape index (κ3) is 2.38. The lowest BCUT2D eigenvalue weighted by atomic mass is 10.1. The van der Waals surface area contributed by atoms with Gasteiger partial charge in [0.1, 0.15) is 0 Å². The number of hydrogen-bond acceptors (Lipinski definition) is 3. The molecule has 0 unspecified atom stereocenters. The van der Waals surface area contributed by atoms with Gasteiger partial charge in [0.15, 0.2) is 5.82 Å². The first-order chi connectivity index (χ1) is 9.74. The number of carboxylic acids is 1. The maximum atomic E-state index is 10.5. The lowest BCUT2D eigenvalue weighted by Crippen LogP contribution is -1.99. The van der Waals surface area contributed by atoms with Crippen molar-refractivity contribution in [3.63, 3.8) is 0 Å². The summed E-state index contributed by atoms with van der Waals surface area (Å²) in [7, 11) is 0. The molecule has 20 heavy (non-hydrogen) atoms. The summed E-state index contributed by atoms with van der Waals surface area (Å²) in [6, 6.07) is 7.96. The summed E-state index contributed by atoms with van der Waals surface area (Å²) in [5, 5.41) is 9.73. The molecule has 0 aliphatic heterocycles. The van der Waals surface area contributed by atoms with Crippen LogP contribution < -0.4 is 0 Å². The number of hydrogen-bond donors (Lipinski definition) is 2. The molecular formula is C15H13N3O2. The number of H-pyrrole nitrogens is 1. The topological polar surface area (TPSA) is 78.9 Å². The molecule has 0 spiro atoms. The minimum Gasteiger partial charge on any atom is -0.481 e.